The van der Waals surface area contributed by atoms with E-state index in [-0.39, 0.29) is 0 Å². The molecule has 0 saturated carbocycles. The van der Waals surface area contributed by atoms with Crippen LogP contribution in [0.2, 0.25) is 0 Å². The number of para-hydroxylation sites is 2. The van der Waals surface area contributed by atoms with E-state index in [1.807, 2.05) is 12.3 Å². The number of H-pyrrole nitrogens is 1. The third kappa shape index (κ3) is 2.75. The van der Waals surface area contributed by atoms with Crippen molar-refractivity contribution < 1.29 is 0 Å². The van der Waals surface area contributed by atoms with Crippen LogP contribution in [0.1, 0.15) is 19.4 Å². The average molecular weight is 318 g/mol. The Morgan fingerprint density at radius 3 is 2.88 bits per heavy atom. The standard InChI is InChI=1S/C20H22N4/c1-14(2)13-24-19-6-4-3-5-18(19)23-20(24)22-12-15-7-8-17-16(11-15)9-10-21-17/h3-11,14,21H,12-13H2,1-2H3,(H,22,23). The second-order valence-electron chi connectivity index (χ2n) is 6.68. The van der Waals surface area contributed by atoms with Crippen LogP contribution < -0.4 is 5.32 Å². The van der Waals surface area contributed by atoms with Gasteiger partial charge in [0.1, 0.15) is 0 Å². The summed E-state index contributed by atoms with van der Waals surface area (Å²) in [7, 11) is 0. The number of aromatic amines is 1. The molecule has 0 aliphatic rings. The highest BCUT2D eigenvalue weighted by Crippen LogP contribution is 2.22. The molecule has 0 amide bonds. The highest BCUT2D eigenvalue weighted by Gasteiger charge is 2.11. The fourth-order valence-electron chi connectivity index (χ4n) is 3.15. The first-order chi connectivity index (χ1) is 11.7. The van der Waals surface area contributed by atoms with Gasteiger partial charge in [-0.1, -0.05) is 32.0 Å². The van der Waals surface area contributed by atoms with Gasteiger partial charge in [-0.2, -0.15) is 0 Å². The molecule has 2 aromatic heterocycles. The lowest BCUT2D eigenvalue weighted by Crippen LogP contribution is -2.10. The zero-order valence-corrected chi connectivity index (χ0v) is 14.1. The molecule has 4 nitrogen and oxygen atoms in total. The van der Waals surface area contributed by atoms with Crippen LogP contribution in [0.3, 0.4) is 0 Å². The first kappa shape index (κ1) is 14.8. The Balaban J connectivity index is 1.63. The summed E-state index contributed by atoms with van der Waals surface area (Å²) in [6.07, 6.45) is 1.98. The second kappa shape index (κ2) is 6.04. The van der Waals surface area contributed by atoms with Gasteiger partial charge < -0.3 is 14.9 Å². The Kier molecular flexibility index (Phi) is 3.73. The molecule has 2 N–H and O–H groups in total. The minimum Gasteiger partial charge on any atom is -0.361 e. The molecule has 0 fully saturated rings. The Hall–Kier alpha value is -2.75. The number of rotatable bonds is 5. The van der Waals surface area contributed by atoms with Crippen molar-refractivity contribution in [1.82, 2.24) is 14.5 Å². The summed E-state index contributed by atoms with van der Waals surface area (Å²) in [5, 5.41) is 4.76. The van der Waals surface area contributed by atoms with Crippen LogP contribution in [0.25, 0.3) is 21.9 Å². The molecule has 0 bridgehead atoms. The number of hydrogen-bond acceptors (Lipinski definition) is 2. The molecule has 0 radical (unpaired) electrons. The molecule has 0 unspecified atom stereocenters. The maximum atomic E-state index is 4.78. The van der Waals surface area contributed by atoms with Crippen LogP contribution >= 0.6 is 0 Å². The summed E-state index contributed by atoms with van der Waals surface area (Å²) in [4.78, 5) is 8.01. The number of benzene rings is 2. The van der Waals surface area contributed by atoms with Gasteiger partial charge in [0.05, 0.1) is 11.0 Å². The third-order valence-electron chi connectivity index (χ3n) is 4.27. The molecule has 4 rings (SSSR count). The van der Waals surface area contributed by atoms with Crippen molar-refractivity contribution in [3.63, 3.8) is 0 Å². The Morgan fingerprint density at radius 1 is 1.12 bits per heavy atom. The number of nitrogens with one attached hydrogen (secondary N) is 2. The monoisotopic (exact) mass is 318 g/mol. The van der Waals surface area contributed by atoms with Gasteiger partial charge in [0, 0.05) is 24.8 Å². The lowest BCUT2D eigenvalue weighted by atomic mass is 10.1. The van der Waals surface area contributed by atoms with E-state index in [1.54, 1.807) is 0 Å². The molecule has 0 spiro atoms. The number of hydrogen-bond donors (Lipinski definition) is 2. The smallest absolute Gasteiger partial charge is 0.204 e. The largest absolute Gasteiger partial charge is 0.361 e. The van der Waals surface area contributed by atoms with E-state index in [0.717, 1.165) is 24.6 Å². The van der Waals surface area contributed by atoms with E-state index < -0.39 is 0 Å². The number of imidazole rings is 1. The van der Waals surface area contributed by atoms with Crippen molar-refractivity contribution in [3.05, 3.63) is 60.3 Å². The van der Waals surface area contributed by atoms with E-state index in [0.29, 0.717) is 5.92 Å². The Bertz CT molecular complexity index is 978. The highest BCUT2D eigenvalue weighted by atomic mass is 15.2. The fourth-order valence-corrected chi connectivity index (χ4v) is 3.15. The SMILES string of the molecule is CC(C)Cn1c(NCc2ccc3[nH]ccc3c2)nc2ccccc21. The Morgan fingerprint density at radius 2 is 2.00 bits per heavy atom. The van der Waals surface area contributed by atoms with Crippen molar-refractivity contribution in [2.45, 2.75) is 26.9 Å². The fraction of sp³-hybridized carbons (Fsp3) is 0.250. The minimum atomic E-state index is 0.569. The van der Waals surface area contributed by atoms with Crippen LogP contribution in [-0.2, 0) is 13.1 Å². The minimum absolute atomic E-state index is 0.569. The van der Waals surface area contributed by atoms with E-state index >= 15 is 0 Å². The predicted octanol–water partition coefficient (Wildman–Crippen LogP) is 4.79. The zero-order chi connectivity index (χ0) is 16.5. The van der Waals surface area contributed by atoms with Crippen molar-refractivity contribution in [1.29, 1.82) is 0 Å². The summed E-state index contributed by atoms with van der Waals surface area (Å²) >= 11 is 0. The predicted molar refractivity (Wildman–Crippen MR) is 100 cm³/mol. The molecule has 2 heterocycles. The number of fused-ring (bicyclic) bond motifs is 2. The third-order valence-corrected chi connectivity index (χ3v) is 4.27. The number of anilines is 1. The van der Waals surface area contributed by atoms with Crippen LogP contribution in [0.15, 0.2) is 54.7 Å². The lowest BCUT2D eigenvalue weighted by Gasteiger charge is -2.13. The molecule has 4 heteroatoms. The van der Waals surface area contributed by atoms with Crippen LogP contribution in [-0.4, -0.2) is 14.5 Å². The van der Waals surface area contributed by atoms with Gasteiger partial charge in [-0.15, -0.1) is 0 Å². The molecule has 2 aromatic carbocycles. The summed E-state index contributed by atoms with van der Waals surface area (Å²) in [5.41, 5.74) is 4.66. The van der Waals surface area contributed by atoms with Gasteiger partial charge in [-0.25, -0.2) is 4.98 Å². The first-order valence-corrected chi connectivity index (χ1v) is 8.46. The van der Waals surface area contributed by atoms with E-state index in [9.17, 15) is 0 Å². The lowest BCUT2D eigenvalue weighted by molar-refractivity contribution is 0.536. The normalized spacial score (nSPS) is 11.6. The Labute approximate surface area is 141 Å². The van der Waals surface area contributed by atoms with Crippen LogP contribution in [0, 0.1) is 5.92 Å². The molecule has 4 aromatic rings. The van der Waals surface area contributed by atoms with Crippen molar-refractivity contribution in [3.8, 4) is 0 Å². The quantitative estimate of drug-likeness (QED) is 0.556. The molecule has 0 aliphatic heterocycles. The highest BCUT2D eigenvalue weighted by molar-refractivity contribution is 5.80. The van der Waals surface area contributed by atoms with Gasteiger partial charge in [0.15, 0.2) is 0 Å². The van der Waals surface area contributed by atoms with E-state index in [2.05, 4.69) is 71.2 Å². The van der Waals surface area contributed by atoms with Gasteiger partial charge in [0.25, 0.3) is 0 Å². The van der Waals surface area contributed by atoms with Crippen molar-refractivity contribution in [2.24, 2.45) is 5.92 Å². The summed E-state index contributed by atoms with van der Waals surface area (Å²) < 4.78 is 2.29. The van der Waals surface area contributed by atoms with Gasteiger partial charge in [-0.3, -0.25) is 0 Å². The molecule has 0 aliphatic carbocycles. The zero-order valence-electron chi connectivity index (χ0n) is 14.1. The van der Waals surface area contributed by atoms with Gasteiger partial charge in [0.2, 0.25) is 5.95 Å². The maximum Gasteiger partial charge on any atom is 0.204 e. The number of aromatic nitrogens is 3. The van der Waals surface area contributed by atoms with Crippen molar-refractivity contribution >= 4 is 27.9 Å². The first-order valence-electron chi connectivity index (χ1n) is 8.46. The van der Waals surface area contributed by atoms with E-state index in [1.165, 1.54) is 22.0 Å². The topological polar surface area (TPSA) is 45.6 Å². The van der Waals surface area contributed by atoms with Crippen LogP contribution in [0.4, 0.5) is 5.95 Å². The van der Waals surface area contributed by atoms with E-state index in [4.69, 9.17) is 4.98 Å². The molecule has 0 atom stereocenters. The molecule has 122 valence electrons. The van der Waals surface area contributed by atoms with Gasteiger partial charge >= 0.3 is 0 Å². The number of nitrogens with zero attached hydrogens (tertiary/aromatic N) is 2. The summed E-state index contributed by atoms with van der Waals surface area (Å²) in [5.74, 6) is 1.51. The molecular weight excluding hydrogens is 296 g/mol. The second-order valence-corrected chi connectivity index (χ2v) is 6.68. The maximum absolute atomic E-state index is 4.78. The summed E-state index contributed by atoms with van der Waals surface area (Å²) in [6, 6.07) is 16.9. The van der Waals surface area contributed by atoms with Crippen molar-refractivity contribution in [2.75, 3.05) is 5.32 Å². The summed E-state index contributed by atoms with van der Waals surface area (Å²) in [6.45, 7) is 6.19. The molecule has 24 heavy (non-hydrogen) atoms. The molecular formula is C20H22N4. The molecule has 0 saturated heterocycles. The van der Waals surface area contributed by atoms with Crippen LogP contribution in [0.5, 0.6) is 0 Å². The van der Waals surface area contributed by atoms with Gasteiger partial charge in [-0.05, 0) is 47.2 Å². The average Bonchev–Trinajstić information content (AvgIpc) is 3.17.